The monoisotopic (exact) mass is 275 g/mol. The second kappa shape index (κ2) is 3.79. The molecule has 1 amide bonds. The van der Waals surface area contributed by atoms with Gasteiger partial charge < -0.3 is 10.1 Å². The Labute approximate surface area is 94.5 Å². The van der Waals surface area contributed by atoms with Crippen molar-refractivity contribution in [3.8, 4) is 0 Å². The molecule has 1 aromatic carbocycles. The number of carbonyl (C=O) groups excluding carboxylic acids is 1. The standard InChI is InChI=1S/C9H7BrClNO2/c10-7-2-1-5(11)3-6(7)8-4-14-9(13)12-8/h1-3,8H,4H2,(H,12,13)/t8-/m0/s1. The molecule has 3 nitrogen and oxygen atoms in total. The molecule has 0 aliphatic carbocycles. The van der Waals surface area contributed by atoms with Gasteiger partial charge in [0.2, 0.25) is 0 Å². The molecule has 1 aromatic rings. The lowest BCUT2D eigenvalue weighted by Crippen LogP contribution is -2.18. The summed E-state index contributed by atoms with van der Waals surface area (Å²) in [6, 6.07) is 5.33. The van der Waals surface area contributed by atoms with Gasteiger partial charge in [-0.15, -0.1) is 0 Å². The molecular weight excluding hydrogens is 269 g/mol. The van der Waals surface area contributed by atoms with Crippen molar-refractivity contribution in [2.75, 3.05) is 6.61 Å². The van der Waals surface area contributed by atoms with Crippen molar-refractivity contribution < 1.29 is 9.53 Å². The molecule has 2 rings (SSSR count). The van der Waals surface area contributed by atoms with Crippen molar-refractivity contribution in [3.63, 3.8) is 0 Å². The smallest absolute Gasteiger partial charge is 0.407 e. The summed E-state index contributed by atoms with van der Waals surface area (Å²) in [5, 5.41) is 3.33. The highest BCUT2D eigenvalue weighted by Gasteiger charge is 2.25. The van der Waals surface area contributed by atoms with E-state index in [0.717, 1.165) is 10.0 Å². The molecule has 1 heterocycles. The fraction of sp³-hybridized carbons (Fsp3) is 0.222. The Balaban J connectivity index is 2.31. The fourth-order valence-corrected chi connectivity index (χ4v) is 2.04. The van der Waals surface area contributed by atoms with Crippen LogP contribution in [0.5, 0.6) is 0 Å². The summed E-state index contributed by atoms with van der Waals surface area (Å²) in [6.45, 7) is 0.345. The number of hydrogen-bond acceptors (Lipinski definition) is 2. The van der Waals surface area contributed by atoms with Crippen molar-refractivity contribution in [2.45, 2.75) is 6.04 Å². The Morgan fingerprint density at radius 3 is 3.00 bits per heavy atom. The van der Waals surface area contributed by atoms with Crippen LogP contribution >= 0.6 is 27.5 Å². The third kappa shape index (κ3) is 1.86. The van der Waals surface area contributed by atoms with Crippen LogP contribution in [0.3, 0.4) is 0 Å². The van der Waals surface area contributed by atoms with Gasteiger partial charge in [-0.05, 0) is 23.8 Å². The largest absolute Gasteiger partial charge is 0.447 e. The first-order valence-electron chi connectivity index (χ1n) is 4.05. The normalized spacial score (nSPS) is 20.4. The van der Waals surface area contributed by atoms with E-state index in [9.17, 15) is 4.79 Å². The average Bonchev–Trinajstić information content (AvgIpc) is 2.56. The summed E-state index contributed by atoms with van der Waals surface area (Å²) in [6.07, 6.45) is -0.387. The molecule has 0 spiro atoms. The van der Waals surface area contributed by atoms with E-state index >= 15 is 0 Å². The van der Waals surface area contributed by atoms with E-state index in [1.807, 2.05) is 12.1 Å². The minimum atomic E-state index is -0.387. The van der Waals surface area contributed by atoms with Crippen LogP contribution in [-0.4, -0.2) is 12.7 Å². The first kappa shape index (κ1) is 9.80. The Morgan fingerprint density at radius 2 is 2.36 bits per heavy atom. The van der Waals surface area contributed by atoms with E-state index in [-0.39, 0.29) is 12.1 Å². The van der Waals surface area contributed by atoms with Crippen molar-refractivity contribution in [1.29, 1.82) is 0 Å². The topological polar surface area (TPSA) is 38.3 Å². The van der Waals surface area contributed by atoms with Crippen LogP contribution in [0.1, 0.15) is 11.6 Å². The molecule has 0 unspecified atom stereocenters. The summed E-state index contributed by atoms with van der Waals surface area (Å²) in [7, 11) is 0. The molecule has 74 valence electrons. The van der Waals surface area contributed by atoms with E-state index in [2.05, 4.69) is 21.2 Å². The van der Waals surface area contributed by atoms with Crippen LogP contribution in [0, 0.1) is 0 Å². The van der Waals surface area contributed by atoms with Crippen LogP contribution in [0.15, 0.2) is 22.7 Å². The molecule has 1 N–H and O–H groups in total. The number of cyclic esters (lactones) is 1. The maximum Gasteiger partial charge on any atom is 0.407 e. The lowest BCUT2D eigenvalue weighted by molar-refractivity contribution is 0.177. The van der Waals surface area contributed by atoms with Gasteiger partial charge >= 0.3 is 6.09 Å². The highest BCUT2D eigenvalue weighted by Crippen LogP contribution is 2.28. The van der Waals surface area contributed by atoms with Gasteiger partial charge in [-0.3, -0.25) is 0 Å². The third-order valence-electron chi connectivity index (χ3n) is 2.01. The second-order valence-corrected chi connectivity index (χ2v) is 4.25. The highest BCUT2D eigenvalue weighted by molar-refractivity contribution is 9.10. The molecular formula is C9H7BrClNO2. The summed E-state index contributed by atoms with van der Waals surface area (Å²) < 4.78 is 5.72. The summed E-state index contributed by atoms with van der Waals surface area (Å²) in [5.74, 6) is 0. The van der Waals surface area contributed by atoms with E-state index in [1.54, 1.807) is 6.07 Å². The van der Waals surface area contributed by atoms with Crippen molar-refractivity contribution >= 4 is 33.6 Å². The highest BCUT2D eigenvalue weighted by atomic mass is 79.9. The first-order valence-corrected chi connectivity index (χ1v) is 5.22. The van der Waals surface area contributed by atoms with E-state index in [1.165, 1.54) is 0 Å². The van der Waals surface area contributed by atoms with Crippen LogP contribution in [0.4, 0.5) is 4.79 Å². The predicted molar refractivity (Wildman–Crippen MR) is 56.4 cm³/mol. The maximum absolute atomic E-state index is 10.8. The lowest BCUT2D eigenvalue weighted by Gasteiger charge is -2.10. The number of benzene rings is 1. The summed E-state index contributed by atoms with van der Waals surface area (Å²) in [4.78, 5) is 10.8. The van der Waals surface area contributed by atoms with Crippen LogP contribution in [-0.2, 0) is 4.74 Å². The van der Waals surface area contributed by atoms with E-state index in [0.29, 0.717) is 11.6 Å². The Bertz CT molecular complexity index is 383. The fourth-order valence-electron chi connectivity index (χ4n) is 1.33. The summed E-state index contributed by atoms with van der Waals surface area (Å²) >= 11 is 9.25. The average molecular weight is 277 g/mol. The Hall–Kier alpha value is -0.740. The van der Waals surface area contributed by atoms with Gasteiger partial charge in [0.25, 0.3) is 0 Å². The van der Waals surface area contributed by atoms with E-state index in [4.69, 9.17) is 16.3 Å². The number of alkyl carbamates (subject to hydrolysis) is 1. The lowest BCUT2D eigenvalue weighted by atomic mass is 10.1. The molecule has 0 bridgehead atoms. The number of hydrogen-bond donors (Lipinski definition) is 1. The first-order chi connectivity index (χ1) is 6.66. The van der Waals surface area contributed by atoms with Crippen LogP contribution in [0.25, 0.3) is 0 Å². The van der Waals surface area contributed by atoms with Gasteiger partial charge in [-0.2, -0.15) is 0 Å². The van der Waals surface area contributed by atoms with Gasteiger partial charge in [0, 0.05) is 9.50 Å². The minimum absolute atomic E-state index is 0.115. The maximum atomic E-state index is 10.8. The van der Waals surface area contributed by atoms with Gasteiger partial charge in [0.05, 0.1) is 6.04 Å². The van der Waals surface area contributed by atoms with Gasteiger partial charge in [0.15, 0.2) is 0 Å². The van der Waals surface area contributed by atoms with Crippen molar-refractivity contribution in [2.24, 2.45) is 0 Å². The second-order valence-electron chi connectivity index (χ2n) is 2.96. The number of halogens is 2. The molecule has 14 heavy (non-hydrogen) atoms. The van der Waals surface area contributed by atoms with E-state index < -0.39 is 0 Å². The molecule has 5 heteroatoms. The third-order valence-corrected chi connectivity index (χ3v) is 2.96. The van der Waals surface area contributed by atoms with Crippen LogP contribution in [0.2, 0.25) is 5.02 Å². The van der Waals surface area contributed by atoms with Crippen molar-refractivity contribution in [3.05, 3.63) is 33.3 Å². The molecule has 1 aliphatic heterocycles. The van der Waals surface area contributed by atoms with Gasteiger partial charge in [-0.1, -0.05) is 27.5 Å². The number of ether oxygens (including phenoxy) is 1. The zero-order valence-electron chi connectivity index (χ0n) is 7.09. The minimum Gasteiger partial charge on any atom is -0.447 e. The molecule has 0 aromatic heterocycles. The molecule has 1 aliphatic rings. The van der Waals surface area contributed by atoms with Gasteiger partial charge in [-0.25, -0.2) is 4.79 Å². The van der Waals surface area contributed by atoms with Crippen molar-refractivity contribution in [1.82, 2.24) is 5.32 Å². The number of rotatable bonds is 1. The Kier molecular flexibility index (Phi) is 2.65. The zero-order chi connectivity index (χ0) is 10.1. The molecule has 0 saturated carbocycles. The zero-order valence-corrected chi connectivity index (χ0v) is 9.43. The molecule has 1 atom stereocenters. The summed E-state index contributed by atoms with van der Waals surface area (Å²) in [5.41, 5.74) is 0.934. The number of nitrogens with one attached hydrogen (secondary N) is 1. The predicted octanol–water partition coefficient (Wildman–Crippen LogP) is 2.88. The molecule has 0 radical (unpaired) electrons. The quantitative estimate of drug-likeness (QED) is 0.856. The van der Waals surface area contributed by atoms with Crippen LogP contribution < -0.4 is 5.32 Å². The SMILES string of the molecule is O=C1N[C@H](c2cc(Cl)ccc2Br)CO1. The number of carbonyl (C=O) groups is 1. The van der Waals surface area contributed by atoms with Gasteiger partial charge in [0.1, 0.15) is 6.61 Å². The molecule has 1 saturated heterocycles. The number of amides is 1. The Morgan fingerprint density at radius 1 is 1.57 bits per heavy atom. The molecule has 1 fully saturated rings.